The van der Waals surface area contributed by atoms with Crippen molar-refractivity contribution < 1.29 is 28.6 Å². The summed E-state index contributed by atoms with van der Waals surface area (Å²) in [6.07, 6.45) is -0.0127. The zero-order valence-electron chi connectivity index (χ0n) is 18.8. The van der Waals surface area contributed by atoms with Crippen molar-refractivity contribution in [2.45, 2.75) is 39.3 Å². The number of nitrogens with zero attached hydrogens (tertiary/aromatic N) is 1. The molecular formula is C24H28N2O6. The molecule has 1 aliphatic heterocycles. The Morgan fingerprint density at radius 2 is 1.66 bits per heavy atom. The normalized spacial score (nSPS) is 13.1. The number of hydrogen-bond donors (Lipinski definition) is 1. The van der Waals surface area contributed by atoms with Gasteiger partial charge in [0.15, 0.2) is 11.5 Å². The average molecular weight is 440 g/mol. The van der Waals surface area contributed by atoms with E-state index in [1.54, 1.807) is 57.2 Å². The highest BCUT2D eigenvalue weighted by atomic mass is 16.6. The third-order valence-corrected chi connectivity index (χ3v) is 4.73. The number of rotatable bonds is 8. The first kappa shape index (κ1) is 23.1. The van der Waals surface area contributed by atoms with E-state index in [1.165, 1.54) is 12.0 Å². The number of hydrogen-bond acceptors (Lipinski definition) is 6. The van der Waals surface area contributed by atoms with Gasteiger partial charge in [-0.2, -0.15) is 0 Å². The van der Waals surface area contributed by atoms with Crippen molar-refractivity contribution in [1.82, 2.24) is 10.2 Å². The van der Waals surface area contributed by atoms with Crippen LogP contribution in [0.2, 0.25) is 0 Å². The first-order chi connectivity index (χ1) is 15.2. The second-order valence-corrected chi connectivity index (χ2v) is 8.35. The molecule has 3 rings (SSSR count). The van der Waals surface area contributed by atoms with Gasteiger partial charge < -0.3 is 19.5 Å². The van der Waals surface area contributed by atoms with Gasteiger partial charge in [-0.15, -0.1) is 0 Å². The number of nitrogens with one attached hydrogen (secondary N) is 1. The van der Waals surface area contributed by atoms with Crippen LogP contribution in [0.5, 0.6) is 11.5 Å². The number of ether oxygens (including phenoxy) is 3. The molecule has 3 amide bonds. The van der Waals surface area contributed by atoms with Crippen molar-refractivity contribution >= 4 is 17.9 Å². The molecule has 0 spiro atoms. The number of imide groups is 1. The van der Waals surface area contributed by atoms with E-state index in [1.807, 2.05) is 6.07 Å². The van der Waals surface area contributed by atoms with Crippen molar-refractivity contribution in [3.8, 4) is 11.5 Å². The summed E-state index contributed by atoms with van der Waals surface area (Å²) in [6, 6.07) is 12.2. The number of alkyl carbamates (subject to hydrolysis) is 1. The molecule has 0 aromatic heterocycles. The van der Waals surface area contributed by atoms with Crippen molar-refractivity contribution in [1.29, 1.82) is 0 Å². The zero-order valence-corrected chi connectivity index (χ0v) is 18.8. The molecule has 32 heavy (non-hydrogen) atoms. The van der Waals surface area contributed by atoms with E-state index in [0.717, 1.165) is 5.56 Å². The highest BCUT2D eigenvalue weighted by Gasteiger charge is 2.34. The summed E-state index contributed by atoms with van der Waals surface area (Å²) in [6.45, 7) is 6.26. The first-order valence-corrected chi connectivity index (χ1v) is 10.4. The third kappa shape index (κ3) is 5.57. The minimum Gasteiger partial charge on any atom is -0.493 e. The maximum atomic E-state index is 12.4. The van der Waals surface area contributed by atoms with Gasteiger partial charge in [0.05, 0.1) is 24.8 Å². The van der Waals surface area contributed by atoms with Crippen LogP contribution < -0.4 is 14.8 Å². The smallest absolute Gasteiger partial charge is 0.407 e. The Morgan fingerprint density at radius 1 is 1.00 bits per heavy atom. The first-order valence-electron chi connectivity index (χ1n) is 10.4. The Kier molecular flexibility index (Phi) is 7.02. The molecule has 0 unspecified atom stereocenters. The van der Waals surface area contributed by atoms with E-state index < -0.39 is 11.7 Å². The van der Waals surface area contributed by atoms with Gasteiger partial charge >= 0.3 is 6.09 Å². The topological polar surface area (TPSA) is 94.2 Å². The summed E-state index contributed by atoms with van der Waals surface area (Å²) in [4.78, 5) is 37.9. The Balaban J connectivity index is 1.50. The van der Waals surface area contributed by atoms with Gasteiger partial charge in [0, 0.05) is 13.1 Å². The number of methoxy groups -OCH3 is 1. The number of fused-ring (bicyclic) bond motifs is 1. The highest BCUT2D eigenvalue weighted by Crippen LogP contribution is 2.28. The summed E-state index contributed by atoms with van der Waals surface area (Å²) < 4.78 is 16.4. The van der Waals surface area contributed by atoms with Gasteiger partial charge in [-0.05, 0) is 57.0 Å². The van der Waals surface area contributed by atoms with Gasteiger partial charge in [-0.1, -0.05) is 18.2 Å². The second-order valence-electron chi connectivity index (χ2n) is 8.35. The van der Waals surface area contributed by atoms with Crippen LogP contribution in [-0.4, -0.2) is 48.7 Å². The Bertz CT molecular complexity index is 977. The average Bonchev–Trinajstić information content (AvgIpc) is 2.99. The molecule has 170 valence electrons. The molecule has 2 aromatic rings. The van der Waals surface area contributed by atoms with Gasteiger partial charge in [-0.3, -0.25) is 14.5 Å². The minimum atomic E-state index is -0.563. The molecule has 8 heteroatoms. The molecule has 8 nitrogen and oxygen atoms in total. The Labute approximate surface area is 187 Å². The zero-order chi connectivity index (χ0) is 23.3. The molecular weight excluding hydrogens is 412 g/mol. The monoisotopic (exact) mass is 440 g/mol. The van der Waals surface area contributed by atoms with E-state index in [4.69, 9.17) is 14.2 Å². The lowest BCUT2D eigenvalue weighted by molar-refractivity contribution is 0.0522. The van der Waals surface area contributed by atoms with Crippen LogP contribution >= 0.6 is 0 Å². The van der Waals surface area contributed by atoms with Gasteiger partial charge in [0.2, 0.25) is 0 Å². The lowest BCUT2D eigenvalue weighted by Crippen LogP contribution is -2.32. The molecule has 1 aliphatic rings. The summed E-state index contributed by atoms with van der Waals surface area (Å²) in [5.41, 5.74) is 1.14. The van der Waals surface area contributed by atoms with E-state index in [2.05, 4.69) is 5.32 Å². The summed E-state index contributed by atoms with van der Waals surface area (Å²) in [5, 5.41) is 2.70. The molecule has 0 atom stereocenters. The highest BCUT2D eigenvalue weighted by molar-refractivity contribution is 6.21. The van der Waals surface area contributed by atoms with Crippen LogP contribution in [0.15, 0.2) is 42.5 Å². The standard InChI is InChI=1S/C24H28N2O6/c1-24(2,3)32-23(29)25-15-16-10-11-19(20(14-16)30-4)31-13-7-12-26-21(27)17-8-5-6-9-18(17)22(26)28/h5-6,8-11,14H,7,12-13,15H2,1-4H3,(H,25,29). The molecule has 1 N–H and O–H groups in total. The van der Waals surface area contributed by atoms with Gasteiger partial charge in [0.1, 0.15) is 5.60 Å². The molecule has 0 saturated carbocycles. The quantitative estimate of drug-likeness (QED) is 0.496. The molecule has 0 aliphatic carbocycles. The predicted molar refractivity (Wildman–Crippen MR) is 118 cm³/mol. The van der Waals surface area contributed by atoms with Crippen molar-refractivity contribution in [2.24, 2.45) is 0 Å². The summed E-state index contributed by atoms with van der Waals surface area (Å²) in [5.74, 6) is 0.514. The maximum Gasteiger partial charge on any atom is 0.407 e. The molecule has 0 bridgehead atoms. The minimum absolute atomic E-state index is 0.270. The lowest BCUT2D eigenvalue weighted by atomic mass is 10.1. The Morgan fingerprint density at radius 3 is 2.25 bits per heavy atom. The van der Waals surface area contributed by atoms with Crippen molar-refractivity contribution in [2.75, 3.05) is 20.3 Å². The second kappa shape index (κ2) is 9.72. The van der Waals surface area contributed by atoms with Gasteiger partial charge in [-0.25, -0.2) is 4.79 Å². The Hall–Kier alpha value is -3.55. The van der Waals surface area contributed by atoms with Crippen LogP contribution in [0.1, 0.15) is 53.5 Å². The number of benzene rings is 2. The van der Waals surface area contributed by atoms with Crippen molar-refractivity contribution in [3.63, 3.8) is 0 Å². The van der Waals surface area contributed by atoms with Crippen LogP contribution in [0.3, 0.4) is 0 Å². The number of amides is 3. The molecule has 2 aromatic carbocycles. The van der Waals surface area contributed by atoms with Gasteiger partial charge in [0.25, 0.3) is 11.8 Å². The van der Waals surface area contributed by atoms with Crippen LogP contribution in [-0.2, 0) is 11.3 Å². The predicted octanol–water partition coefficient (Wildman–Crippen LogP) is 3.79. The van der Waals surface area contributed by atoms with E-state index in [-0.39, 0.29) is 24.9 Å². The fraction of sp³-hybridized carbons (Fsp3) is 0.375. The van der Waals surface area contributed by atoms with Crippen LogP contribution in [0.25, 0.3) is 0 Å². The van der Waals surface area contributed by atoms with Crippen LogP contribution in [0.4, 0.5) is 4.79 Å². The molecule has 0 saturated heterocycles. The fourth-order valence-corrected chi connectivity index (χ4v) is 3.28. The fourth-order valence-electron chi connectivity index (χ4n) is 3.28. The third-order valence-electron chi connectivity index (χ3n) is 4.73. The van der Waals surface area contributed by atoms with Crippen LogP contribution in [0, 0.1) is 0 Å². The molecule has 1 heterocycles. The summed E-state index contributed by atoms with van der Waals surface area (Å²) >= 11 is 0. The van der Waals surface area contributed by atoms with E-state index in [0.29, 0.717) is 35.7 Å². The SMILES string of the molecule is COc1cc(CNC(=O)OC(C)(C)C)ccc1OCCCN1C(=O)c2ccccc2C1=O. The van der Waals surface area contributed by atoms with E-state index in [9.17, 15) is 14.4 Å². The largest absolute Gasteiger partial charge is 0.493 e. The maximum absolute atomic E-state index is 12.4. The summed E-state index contributed by atoms with van der Waals surface area (Å²) in [7, 11) is 1.53. The van der Waals surface area contributed by atoms with Crippen molar-refractivity contribution in [3.05, 3.63) is 59.2 Å². The van der Waals surface area contributed by atoms with E-state index >= 15 is 0 Å². The molecule has 0 fully saturated rings. The number of carbonyl (C=O) groups is 3. The number of carbonyl (C=O) groups excluding carboxylic acids is 3. The molecule has 0 radical (unpaired) electrons. The lowest BCUT2D eigenvalue weighted by Gasteiger charge is -2.20.